The molecule has 0 atom stereocenters. The van der Waals surface area contributed by atoms with Crippen LogP contribution in [0.3, 0.4) is 0 Å². The molecule has 0 unspecified atom stereocenters. The number of hydrogen-bond donors (Lipinski definition) is 2. The van der Waals surface area contributed by atoms with Crippen molar-refractivity contribution in [3.63, 3.8) is 0 Å². The second kappa shape index (κ2) is 8.92. The first kappa shape index (κ1) is 21.7. The van der Waals surface area contributed by atoms with Crippen molar-refractivity contribution >= 4 is 39.9 Å². The second-order valence-electron chi connectivity index (χ2n) is 7.57. The van der Waals surface area contributed by atoms with Crippen LogP contribution < -0.4 is 10.6 Å². The van der Waals surface area contributed by atoms with Crippen molar-refractivity contribution in [1.82, 2.24) is 15.5 Å². The number of hydrogen-bond acceptors (Lipinski definition) is 6. The van der Waals surface area contributed by atoms with E-state index >= 15 is 0 Å². The Morgan fingerprint density at radius 1 is 1.12 bits per heavy atom. The van der Waals surface area contributed by atoms with Crippen molar-refractivity contribution in [3.8, 4) is 11.3 Å². The van der Waals surface area contributed by atoms with Crippen LogP contribution in [0, 0.1) is 20.8 Å². The van der Waals surface area contributed by atoms with Crippen LogP contribution >= 0.6 is 11.3 Å². The average Bonchev–Trinajstić information content (AvgIpc) is 3.32. The zero-order valence-electron chi connectivity index (χ0n) is 18.4. The Hall–Kier alpha value is -3.52. The van der Waals surface area contributed by atoms with E-state index in [9.17, 15) is 9.59 Å². The molecule has 0 aliphatic rings. The van der Waals surface area contributed by atoms with Gasteiger partial charge in [0, 0.05) is 21.0 Å². The fraction of sp³-hybridized carbons (Fsp3) is 0.250. The Labute approximate surface area is 189 Å². The molecule has 2 N–H and O–H groups in total. The molecule has 0 bridgehead atoms. The summed E-state index contributed by atoms with van der Waals surface area (Å²) < 4.78 is 5.36. The van der Waals surface area contributed by atoms with E-state index in [1.165, 1.54) is 0 Å². The number of benzene rings is 1. The normalized spacial score (nSPS) is 11.0. The third-order valence-corrected chi connectivity index (χ3v) is 6.23. The molecule has 164 valence electrons. The summed E-state index contributed by atoms with van der Waals surface area (Å²) in [5.74, 6) is -0.676. The topological polar surface area (TPSA) is 97.1 Å². The molecule has 2 amide bonds. The molecule has 4 aromatic rings. The predicted molar refractivity (Wildman–Crippen MR) is 126 cm³/mol. The van der Waals surface area contributed by atoms with Gasteiger partial charge in [-0.25, -0.2) is 4.98 Å². The van der Waals surface area contributed by atoms with Crippen LogP contribution in [-0.2, 0) is 11.2 Å². The maximum atomic E-state index is 13.1. The van der Waals surface area contributed by atoms with Gasteiger partial charge in [-0.15, -0.1) is 11.3 Å². The minimum Gasteiger partial charge on any atom is -0.343 e. The van der Waals surface area contributed by atoms with Crippen LogP contribution in [0.5, 0.6) is 0 Å². The van der Waals surface area contributed by atoms with E-state index in [1.807, 2.05) is 51.1 Å². The molecule has 3 heterocycles. The number of aryl methyl sites for hydroxylation is 4. The number of aromatic nitrogens is 2. The lowest BCUT2D eigenvalue weighted by Crippen LogP contribution is -2.33. The lowest BCUT2D eigenvalue weighted by atomic mass is 10.1. The van der Waals surface area contributed by atoms with Gasteiger partial charge in [0.1, 0.15) is 0 Å². The highest BCUT2D eigenvalue weighted by atomic mass is 32.1. The van der Waals surface area contributed by atoms with E-state index in [4.69, 9.17) is 4.52 Å². The molecular weight excluding hydrogens is 424 g/mol. The molecule has 8 heteroatoms. The minimum absolute atomic E-state index is 0.156. The first-order valence-electron chi connectivity index (χ1n) is 10.4. The number of thiophene rings is 1. The third kappa shape index (κ3) is 4.27. The number of anilines is 1. The predicted octanol–water partition coefficient (Wildman–Crippen LogP) is 4.81. The van der Waals surface area contributed by atoms with E-state index in [2.05, 4.69) is 20.8 Å². The highest BCUT2D eigenvalue weighted by Gasteiger charge is 2.21. The van der Waals surface area contributed by atoms with Crippen molar-refractivity contribution in [1.29, 1.82) is 0 Å². The largest absolute Gasteiger partial charge is 0.343 e. The zero-order chi connectivity index (χ0) is 22.8. The molecule has 3 aromatic heterocycles. The second-order valence-corrected chi connectivity index (χ2v) is 9.03. The van der Waals surface area contributed by atoms with Crippen LogP contribution in [0.25, 0.3) is 22.4 Å². The first-order chi connectivity index (χ1) is 15.4. The van der Waals surface area contributed by atoms with Gasteiger partial charge in [-0.2, -0.15) is 0 Å². The highest BCUT2D eigenvalue weighted by molar-refractivity contribution is 7.12. The Balaban J connectivity index is 1.58. The van der Waals surface area contributed by atoms with Crippen molar-refractivity contribution in [2.24, 2.45) is 0 Å². The number of pyridine rings is 1. The molecular formula is C24H24N4O3S. The van der Waals surface area contributed by atoms with Gasteiger partial charge in [0.05, 0.1) is 28.9 Å². The molecule has 0 aliphatic heterocycles. The molecule has 0 saturated heterocycles. The third-order valence-electron chi connectivity index (χ3n) is 5.26. The quantitative estimate of drug-likeness (QED) is 0.441. The summed E-state index contributed by atoms with van der Waals surface area (Å²) >= 11 is 1.67. The molecule has 0 spiro atoms. The van der Waals surface area contributed by atoms with E-state index in [-0.39, 0.29) is 18.4 Å². The van der Waals surface area contributed by atoms with Gasteiger partial charge in [0.25, 0.3) is 11.6 Å². The van der Waals surface area contributed by atoms with Crippen molar-refractivity contribution in [2.75, 3.05) is 11.9 Å². The standard InChI is InChI=1S/C24H24N4O3S/c1-5-16-8-6-7-9-19(16)26-21(29)12-25-23(30)18-11-20(17-10-13(2)32-15(17)4)27-24-22(18)14(3)28-31-24/h6-11H,5,12H2,1-4H3,(H,25,30)(H,26,29). The summed E-state index contributed by atoms with van der Waals surface area (Å²) in [5.41, 5.74) is 4.64. The zero-order valence-corrected chi connectivity index (χ0v) is 19.2. The SMILES string of the molecule is CCc1ccccc1NC(=O)CNC(=O)c1cc(-c2cc(C)sc2C)nc2onc(C)c12. The summed E-state index contributed by atoms with van der Waals surface area (Å²) in [6.45, 7) is 7.68. The maximum Gasteiger partial charge on any atom is 0.259 e. The Bertz CT molecular complexity index is 1320. The summed E-state index contributed by atoms with van der Waals surface area (Å²) in [6.07, 6.45) is 0.800. The van der Waals surface area contributed by atoms with Crippen LogP contribution in [0.1, 0.15) is 38.3 Å². The lowest BCUT2D eigenvalue weighted by Gasteiger charge is -2.11. The van der Waals surface area contributed by atoms with Crippen LogP contribution in [0.2, 0.25) is 0 Å². The number of fused-ring (bicyclic) bond motifs is 1. The van der Waals surface area contributed by atoms with Gasteiger partial charge in [-0.05, 0) is 51.0 Å². The number of amides is 2. The Morgan fingerprint density at radius 3 is 2.62 bits per heavy atom. The van der Waals surface area contributed by atoms with Crippen molar-refractivity contribution < 1.29 is 14.1 Å². The van der Waals surface area contributed by atoms with Gasteiger partial charge < -0.3 is 15.2 Å². The smallest absolute Gasteiger partial charge is 0.259 e. The number of nitrogens with one attached hydrogen (secondary N) is 2. The number of rotatable bonds is 6. The fourth-order valence-electron chi connectivity index (χ4n) is 3.70. The van der Waals surface area contributed by atoms with Crippen molar-refractivity contribution in [3.05, 3.63) is 63.0 Å². The van der Waals surface area contributed by atoms with Crippen LogP contribution in [0.4, 0.5) is 5.69 Å². The molecule has 0 aliphatic carbocycles. The number of carbonyl (C=O) groups excluding carboxylic acids is 2. The maximum absolute atomic E-state index is 13.1. The summed E-state index contributed by atoms with van der Waals surface area (Å²) in [5, 5.41) is 10.1. The first-order valence-corrected chi connectivity index (χ1v) is 11.2. The summed E-state index contributed by atoms with van der Waals surface area (Å²) in [7, 11) is 0. The molecule has 32 heavy (non-hydrogen) atoms. The van der Waals surface area contributed by atoms with Gasteiger partial charge in [-0.1, -0.05) is 30.3 Å². The molecule has 7 nitrogen and oxygen atoms in total. The average molecular weight is 449 g/mol. The van der Waals surface area contributed by atoms with Gasteiger partial charge >= 0.3 is 0 Å². The van der Waals surface area contributed by atoms with Crippen LogP contribution in [-0.4, -0.2) is 28.5 Å². The van der Waals surface area contributed by atoms with E-state index in [0.29, 0.717) is 28.1 Å². The highest BCUT2D eigenvalue weighted by Crippen LogP contribution is 2.32. The molecule has 1 aromatic carbocycles. The van der Waals surface area contributed by atoms with E-state index < -0.39 is 0 Å². The van der Waals surface area contributed by atoms with E-state index in [1.54, 1.807) is 24.3 Å². The van der Waals surface area contributed by atoms with Gasteiger partial charge in [0.15, 0.2) is 0 Å². The van der Waals surface area contributed by atoms with Crippen LogP contribution in [0.15, 0.2) is 40.9 Å². The number of carbonyl (C=O) groups is 2. The lowest BCUT2D eigenvalue weighted by molar-refractivity contribution is -0.115. The Kier molecular flexibility index (Phi) is 6.05. The molecule has 4 rings (SSSR count). The number of nitrogens with zero attached hydrogens (tertiary/aromatic N) is 2. The van der Waals surface area contributed by atoms with Gasteiger partial charge in [-0.3, -0.25) is 9.59 Å². The monoisotopic (exact) mass is 448 g/mol. The molecule has 0 saturated carbocycles. The number of para-hydroxylation sites is 1. The van der Waals surface area contributed by atoms with Gasteiger partial charge in [0.2, 0.25) is 5.91 Å². The fourth-order valence-corrected chi connectivity index (χ4v) is 4.63. The Morgan fingerprint density at radius 2 is 1.91 bits per heavy atom. The van der Waals surface area contributed by atoms with E-state index in [0.717, 1.165) is 33.0 Å². The molecule has 0 fully saturated rings. The minimum atomic E-state index is -0.381. The summed E-state index contributed by atoms with van der Waals surface area (Å²) in [6, 6.07) is 11.4. The summed E-state index contributed by atoms with van der Waals surface area (Å²) in [4.78, 5) is 32.4. The molecule has 0 radical (unpaired) electrons. The van der Waals surface area contributed by atoms with Crippen molar-refractivity contribution in [2.45, 2.75) is 34.1 Å².